The van der Waals surface area contributed by atoms with Crippen LogP contribution in [0.25, 0.3) is 77.1 Å². The maximum Gasteiger partial charge on any atom is 0.0710 e. The Labute approximate surface area is 251 Å². The zero-order valence-electron chi connectivity index (χ0n) is 23.8. The minimum Gasteiger partial charge on any atom is -0.265 e. The summed E-state index contributed by atoms with van der Waals surface area (Å²) < 4.78 is 0. The molecule has 0 amide bonds. The molecule has 0 aliphatic heterocycles. The summed E-state index contributed by atoms with van der Waals surface area (Å²) in [5.74, 6) is 0. The van der Waals surface area contributed by atoms with Gasteiger partial charge in [-0.25, -0.2) is 4.98 Å². The van der Waals surface area contributed by atoms with Gasteiger partial charge < -0.3 is 0 Å². The lowest BCUT2D eigenvalue weighted by atomic mass is 9.84. The Hall–Kier alpha value is -5.60. The number of fused-ring (bicyclic) bond motifs is 3. The number of nitrogens with zero attached hydrogens (tertiary/aromatic N) is 2. The molecule has 202 valence electrons. The summed E-state index contributed by atoms with van der Waals surface area (Å²) in [5.41, 5.74) is 10.4. The van der Waals surface area contributed by atoms with Gasteiger partial charge in [0.2, 0.25) is 0 Å². The molecule has 0 radical (unpaired) electrons. The maximum absolute atomic E-state index is 5.00. The number of hydrogen-bond acceptors (Lipinski definition) is 2. The van der Waals surface area contributed by atoms with Gasteiger partial charge in [0.15, 0.2) is 0 Å². The minimum atomic E-state index is 0.947. The third-order valence-electron chi connectivity index (χ3n) is 8.49. The number of aromatic nitrogens is 2. The summed E-state index contributed by atoms with van der Waals surface area (Å²) in [6.07, 6.45) is 3.62. The first-order valence-corrected chi connectivity index (χ1v) is 14.7. The first kappa shape index (κ1) is 25.1. The maximum atomic E-state index is 5.00. The molecule has 0 spiro atoms. The third kappa shape index (κ3) is 4.36. The average Bonchev–Trinajstić information content (AvgIpc) is 3.07. The van der Waals surface area contributed by atoms with Gasteiger partial charge in [0.05, 0.1) is 11.4 Å². The number of hydrogen-bond donors (Lipinski definition) is 0. The van der Waals surface area contributed by atoms with Crippen LogP contribution in [0.2, 0.25) is 0 Å². The zero-order chi connectivity index (χ0) is 28.8. The molecule has 2 nitrogen and oxygen atoms in total. The Balaban J connectivity index is 1.32. The number of rotatable bonds is 4. The molecule has 0 bridgehead atoms. The van der Waals surface area contributed by atoms with Crippen LogP contribution in [-0.2, 0) is 0 Å². The van der Waals surface area contributed by atoms with Gasteiger partial charge in [0, 0.05) is 23.5 Å². The van der Waals surface area contributed by atoms with Crippen molar-refractivity contribution in [3.05, 3.63) is 157 Å². The van der Waals surface area contributed by atoms with E-state index in [0.717, 1.165) is 22.5 Å². The van der Waals surface area contributed by atoms with Crippen molar-refractivity contribution in [2.24, 2.45) is 0 Å². The summed E-state index contributed by atoms with van der Waals surface area (Å²) in [6.45, 7) is 2.21. The highest BCUT2D eigenvalue weighted by atomic mass is 14.7. The first-order chi connectivity index (χ1) is 21.2. The van der Waals surface area contributed by atoms with Crippen LogP contribution in [0.15, 0.2) is 152 Å². The van der Waals surface area contributed by atoms with E-state index in [9.17, 15) is 0 Å². The van der Waals surface area contributed by atoms with E-state index in [1.807, 2.05) is 24.5 Å². The van der Waals surface area contributed by atoms with E-state index in [1.54, 1.807) is 0 Å². The predicted molar refractivity (Wildman–Crippen MR) is 181 cm³/mol. The van der Waals surface area contributed by atoms with Gasteiger partial charge in [0.1, 0.15) is 0 Å². The molecule has 8 aromatic rings. The van der Waals surface area contributed by atoms with Gasteiger partial charge in [-0.1, -0.05) is 103 Å². The van der Waals surface area contributed by atoms with Crippen molar-refractivity contribution in [1.29, 1.82) is 0 Å². The van der Waals surface area contributed by atoms with E-state index in [0.29, 0.717) is 0 Å². The SMILES string of the molecule is Cc1cc(-c2cccc(-c3ccncc3)n2)ccc1-c1c2ccccc2c(-c2ccc3ccccc3c2)c2ccccc12. The second-order valence-corrected chi connectivity index (χ2v) is 11.1. The van der Waals surface area contributed by atoms with Gasteiger partial charge in [-0.2, -0.15) is 0 Å². The van der Waals surface area contributed by atoms with Gasteiger partial charge in [-0.15, -0.1) is 0 Å². The van der Waals surface area contributed by atoms with Gasteiger partial charge in [-0.05, 0) is 103 Å². The van der Waals surface area contributed by atoms with Crippen LogP contribution < -0.4 is 0 Å². The standard InChI is InChI=1S/C41H28N2/c1-27-25-31(39-16-8-15-38(43-39)29-21-23-42-24-22-29)19-20-33(27)41-36-13-6-4-11-34(36)40(35-12-5-7-14-37(35)41)32-18-17-28-9-2-3-10-30(28)26-32/h2-26H,1H3. The molecule has 0 N–H and O–H groups in total. The fraction of sp³-hybridized carbons (Fsp3) is 0.0244. The lowest BCUT2D eigenvalue weighted by Gasteiger charge is -2.19. The van der Waals surface area contributed by atoms with Crippen molar-refractivity contribution in [1.82, 2.24) is 9.97 Å². The van der Waals surface area contributed by atoms with Crippen LogP contribution in [0, 0.1) is 6.92 Å². The number of aryl methyl sites for hydroxylation is 1. The van der Waals surface area contributed by atoms with E-state index in [1.165, 1.54) is 60.1 Å². The molecule has 0 fully saturated rings. The number of benzene rings is 6. The summed E-state index contributed by atoms with van der Waals surface area (Å²) in [4.78, 5) is 9.15. The molecule has 0 atom stereocenters. The van der Waals surface area contributed by atoms with Crippen LogP contribution in [-0.4, -0.2) is 9.97 Å². The van der Waals surface area contributed by atoms with Crippen LogP contribution >= 0.6 is 0 Å². The Morgan fingerprint density at radius 2 is 1.00 bits per heavy atom. The predicted octanol–water partition coefficient (Wildman–Crippen LogP) is 10.9. The second kappa shape index (κ2) is 10.3. The zero-order valence-corrected chi connectivity index (χ0v) is 23.8. The summed E-state index contributed by atoms with van der Waals surface area (Å²) in [6, 6.07) is 50.1. The molecule has 0 aliphatic carbocycles. The Morgan fingerprint density at radius 3 is 1.67 bits per heavy atom. The lowest BCUT2D eigenvalue weighted by Crippen LogP contribution is -1.93. The second-order valence-electron chi connectivity index (χ2n) is 11.1. The van der Waals surface area contributed by atoms with Crippen LogP contribution in [0.4, 0.5) is 0 Å². The van der Waals surface area contributed by atoms with Crippen molar-refractivity contribution in [3.63, 3.8) is 0 Å². The van der Waals surface area contributed by atoms with Crippen molar-refractivity contribution in [3.8, 4) is 44.8 Å². The minimum absolute atomic E-state index is 0.947. The fourth-order valence-electron chi connectivity index (χ4n) is 6.46. The monoisotopic (exact) mass is 548 g/mol. The van der Waals surface area contributed by atoms with Crippen molar-refractivity contribution in [2.45, 2.75) is 6.92 Å². The Kier molecular flexibility index (Phi) is 6.05. The molecular weight excluding hydrogens is 520 g/mol. The molecule has 8 rings (SSSR count). The smallest absolute Gasteiger partial charge is 0.0710 e. The highest BCUT2D eigenvalue weighted by molar-refractivity contribution is 6.22. The highest BCUT2D eigenvalue weighted by Crippen LogP contribution is 2.45. The van der Waals surface area contributed by atoms with Crippen molar-refractivity contribution in [2.75, 3.05) is 0 Å². The molecule has 0 aliphatic rings. The van der Waals surface area contributed by atoms with Crippen LogP contribution in [0.3, 0.4) is 0 Å². The normalized spacial score (nSPS) is 11.4. The van der Waals surface area contributed by atoms with Gasteiger partial charge >= 0.3 is 0 Å². The fourth-order valence-corrected chi connectivity index (χ4v) is 6.46. The molecule has 2 heteroatoms. The molecule has 2 aromatic heterocycles. The molecule has 6 aromatic carbocycles. The molecule has 2 heterocycles. The third-order valence-corrected chi connectivity index (χ3v) is 8.49. The Bertz CT molecular complexity index is 2240. The van der Waals surface area contributed by atoms with E-state index >= 15 is 0 Å². The summed E-state index contributed by atoms with van der Waals surface area (Å²) >= 11 is 0. The van der Waals surface area contributed by atoms with E-state index < -0.39 is 0 Å². The quantitative estimate of drug-likeness (QED) is 0.204. The average molecular weight is 549 g/mol. The molecule has 0 saturated carbocycles. The molecule has 0 saturated heterocycles. The van der Waals surface area contributed by atoms with Crippen LogP contribution in [0.5, 0.6) is 0 Å². The molecule has 43 heavy (non-hydrogen) atoms. The summed E-state index contributed by atoms with van der Waals surface area (Å²) in [5, 5.41) is 7.57. The van der Waals surface area contributed by atoms with Crippen LogP contribution in [0.1, 0.15) is 5.56 Å². The van der Waals surface area contributed by atoms with Gasteiger partial charge in [-0.3, -0.25) is 4.98 Å². The lowest BCUT2D eigenvalue weighted by molar-refractivity contribution is 1.28. The summed E-state index contributed by atoms with van der Waals surface area (Å²) in [7, 11) is 0. The van der Waals surface area contributed by atoms with Gasteiger partial charge in [0.25, 0.3) is 0 Å². The topological polar surface area (TPSA) is 25.8 Å². The van der Waals surface area contributed by atoms with E-state index in [2.05, 4.69) is 139 Å². The van der Waals surface area contributed by atoms with E-state index in [4.69, 9.17) is 4.98 Å². The van der Waals surface area contributed by atoms with E-state index in [-0.39, 0.29) is 0 Å². The largest absolute Gasteiger partial charge is 0.265 e. The first-order valence-electron chi connectivity index (χ1n) is 14.7. The molecular formula is C41H28N2. The molecule has 0 unspecified atom stereocenters. The highest BCUT2D eigenvalue weighted by Gasteiger charge is 2.18. The van der Waals surface area contributed by atoms with Crippen molar-refractivity contribution >= 4 is 32.3 Å². The Morgan fingerprint density at radius 1 is 0.419 bits per heavy atom. The number of pyridine rings is 2. The van der Waals surface area contributed by atoms with Crippen molar-refractivity contribution < 1.29 is 0 Å².